The molecular weight excluding hydrogens is 1350 g/mol. The normalized spacial score (nSPS) is 17.1. The van der Waals surface area contributed by atoms with Gasteiger partial charge >= 0.3 is 21.1 Å². The zero-order chi connectivity index (χ0) is 71.8. The van der Waals surface area contributed by atoms with E-state index in [1.165, 1.54) is 121 Å². The van der Waals surface area contributed by atoms with E-state index in [1.54, 1.807) is 0 Å². The molecule has 3 saturated heterocycles. The summed E-state index contributed by atoms with van der Waals surface area (Å²) in [4.78, 5) is 0. The largest absolute Gasteiger partial charge is 0.494 e. The maximum atomic E-state index is 6.44. The highest BCUT2D eigenvalue weighted by Crippen LogP contribution is 2.46. The summed E-state index contributed by atoms with van der Waals surface area (Å²) >= 11 is 3.67. The first-order chi connectivity index (χ1) is 49.9. The average molecular weight is 1430 g/mol. The fraction of sp³-hybridized carbons (Fsp3) is 0.200. The first-order valence-electron chi connectivity index (χ1n) is 36.1. The Bertz CT molecular complexity index is 5950. The van der Waals surface area contributed by atoms with E-state index in [9.17, 15) is 0 Å². The lowest BCUT2D eigenvalue weighted by atomic mass is 9.49. The molecule has 10 nitrogen and oxygen atoms in total. The zero-order valence-electron chi connectivity index (χ0n) is 60.9. The van der Waals surface area contributed by atoms with Crippen LogP contribution in [-0.2, 0) is 27.9 Å². The molecule has 4 aromatic heterocycles. The number of rotatable bonds is 8. The molecule has 7 heterocycles. The van der Waals surface area contributed by atoms with E-state index < -0.39 is 32.3 Å². The predicted molar refractivity (Wildman–Crippen MR) is 437 cm³/mol. The highest BCUT2D eigenvalue weighted by molar-refractivity contribution is 9.10. The van der Waals surface area contributed by atoms with Crippen LogP contribution in [0.5, 0.6) is 0 Å². The molecule has 0 radical (unpaired) electrons. The van der Waals surface area contributed by atoms with Crippen LogP contribution in [0.15, 0.2) is 284 Å². The van der Waals surface area contributed by atoms with Crippen molar-refractivity contribution >= 4 is 130 Å². The first-order valence-corrected chi connectivity index (χ1v) is 36.9. The lowest BCUT2D eigenvalue weighted by Crippen LogP contribution is -2.41. The third-order valence-electron chi connectivity index (χ3n) is 22.9. The van der Waals surface area contributed by atoms with Crippen LogP contribution in [0, 0.1) is 0 Å². The predicted octanol–water partition coefficient (Wildman–Crippen LogP) is 22.4. The molecule has 19 rings (SSSR count). The van der Waals surface area contributed by atoms with Crippen LogP contribution in [0.25, 0.3) is 132 Å². The van der Waals surface area contributed by atoms with Crippen molar-refractivity contribution in [3.05, 3.63) is 284 Å². The number of para-hydroxylation sites is 6. The molecule has 0 unspecified atom stereocenters. The Morgan fingerprint density at radius 2 is 0.519 bits per heavy atom. The van der Waals surface area contributed by atoms with Gasteiger partial charge in [-0.3, -0.25) is 0 Å². The highest BCUT2D eigenvalue weighted by Gasteiger charge is 2.64. The van der Waals surface area contributed by atoms with Gasteiger partial charge in [-0.15, -0.1) is 0 Å². The maximum absolute atomic E-state index is 6.44. The molecule has 3 aliphatic rings. The molecule has 3 fully saturated rings. The van der Waals surface area contributed by atoms with Gasteiger partial charge in [0.2, 0.25) is 0 Å². The first kappa shape index (κ1) is 67.4. The minimum atomic E-state index is -0.476. The summed E-state index contributed by atoms with van der Waals surface area (Å²) in [5.74, 6) is 0. The van der Waals surface area contributed by atoms with Crippen molar-refractivity contribution in [1.29, 1.82) is 0 Å². The molecule has 514 valence electrons. The Hall–Kier alpha value is -9.73. The summed E-state index contributed by atoms with van der Waals surface area (Å²) in [5, 5.41) is 10.0. The molecule has 0 atom stereocenters. The van der Waals surface area contributed by atoms with E-state index >= 15 is 0 Å². The van der Waals surface area contributed by atoms with Gasteiger partial charge < -0.3 is 46.2 Å². The number of hydrogen-bond donors (Lipinski definition) is 0. The molecule has 104 heavy (non-hydrogen) atoms. The van der Waals surface area contributed by atoms with Crippen LogP contribution >= 0.6 is 15.9 Å². The van der Waals surface area contributed by atoms with E-state index in [1.807, 2.05) is 55.4 Å². The second-order valence-electron chi connectivity index (χ2n) is 30.9. The van der Waals surface area contributed by atoms with Crippen LogP contribution in [0.2, 0.25) is 0 Å². The van der Waals surface area contributed by atoms with Gasteiger partial charge in [-0.2, -0.15) is 0 Å². The summed E-state index contributed by atoms with van der Waals surface area (Å²) in [6, 6.07) is 101. The molecule has 0 saturated carbocycles. The maximum Gasteiger partial charge on any atom is 0.494 e. The van der Waals surface area contributed by atoms with E-state index in [0.29, 0.717) is 0 Å². The number of benzene rings is 12. The van der Waals surface area contributed by atoms with Gasteiger partial charge in [0.15, 0.2) is 0 Å². The topological polar surface area (TPSA) is 75.1 Å². The minimum Gasteiger partial charge on any atom is -0.405 e. The molecule has 16 aromatic rings. The van der Waals surface area contributed by atoms with Crippen LogP contribution in [0.1, 0.15) is 83.1 Å². The Kier molecular flexibility index (Phi) is 16.4. The van der Waals surface area contributed by atoms with Crippen LogP contribution in [-0.4, -0.2) is 73.0 Å². The Balaban J connectivity index is 0.000000126. The minimum absolute atomic E-state index is 0.360. The molecule has 0 amide bonds. The van der Waals surface area contributed by atoms with E-state index in [2.05, 4.69) is 341 Å². The van der Waals surface area contributed by atoms with Crippen molar-refractivity contribution in [2.75, 3.05) is 0 Å². The van der Waals surface area contributed by atoms with E-state index in [4.69, 9.17) is 27.9 Å². The Morgan fingerprint density at radius 3 is 0.913 bits per heavy atom. The second kappa shape index (κ2) is 25.3. The van der Waals surface area contributed by atoms with Crippen molar-refractivity contribution in [1.82, 2.24) is 18.3 Å². The molecular formula is C90H82B3BrN4O6. The van der Waals surface area contributed by atoms with Crippen LogP contribution in [0.4, 0.5) is 0 Å². The smallest absolute Gasteiger partial charge is 0.405 e. The van der Waals surface area contributed by atoms with E-state index in [0.717, 1.165) is 21.3 Å². The number of aromatic nitrogens is 4. The van der Waals surface area contributed by atoms with Crippen molar-refractivity contribution < 1.29 is 27.9 Å². The Labute approximate surface area is 617 Å². The molecule has 0 aliphatic carbocycles. The second-order valence-corrected chi connectivity index (χ2v) is 31.8. The summed E-state index contributed by atoms with van der Waals surface area (Å²) in [6.45, 7) is 24.6. The highest BCUT2D eigenvalue weighted by atomic mass is 79.9. The number of fused-ring (bicyclic) bond motifs is 12. The van der Waals surface area contributed by atoms with Gasteiger partial charge in [0.05, 0.1) is 77.7 Å². The molecule has 0 N–H and O–H groups in total. The third kappa shape index (κ3) is 11.4. The monoisotopic (exact) mass is 1430 g/mol. The summed E-state index contributed by atoms with van der Waals surface area (Å²) in [7, 11) is -1.37. The van der Waals surface area contributed by atoms with Gasteiger partial charge in [0, 0.05) is 70.3 Å². The molecule has 14 heteroatoms. The quantitative estimate of drug-likeness (QED) is 0.141. The lowest BCUT2D eigenvalue weighted by molar-refractivity contribution is 0.00578. The zero-order valence-corrected chi connectivity index (χ0v) is 62.5. The number of hydrogen-bond acceptors (Lipinski definition) is 6. The summed E-state index contributed by atoms with van der Waals surface area (Å²) < 4.78 is 47.3. The standard InChI is InChI=1S/C42H35BN2O2.C36H23BrN2.C12H24B2O4/c1-41(2)42(3,4)47-43(46-41)30-13-12-16-32(27-30)45-37-19-10-8-17-33(37)35-23-21-29(26-40(35)45)28-22-24-39-36(25-28)34-18-9-11-20-38(34)44(39)31-14-6-5-7-15-31;37-26-9-8-12-28(23-26)39-33-15-6-4-13-29(33)31-19-17-25(22-36(31)39)24-18-20-35-32(21-24)30-14-5-7-16-34(30)38(35)27-10-2-1-3-11-27;1-9(2)10(3,4)16-13(15-9)14-17-11(5,6)12(7,8)18-14/h5-27H,1-4H3;1-23H;1-8H3. The summed E-state index contributed by atoms with van der Waals surface area (Å²) in [5.41, 5.74) is 17.8. The fourth-order valence-electron chi connectivity index (χ4n) is 15.3. The SMILES string of the molecule is Brc1cccc(-n2c3ccccc3c3ccc(-c4ccc5c(c4)c4ccccc4n5-c4ccccc4)cc32)c1.CC1(C)OB(B2OC(C)(C)C(C)(C)O2)OC1(C)C.CC1(C)OB(c2cccc(-n3c4ccccc4c4ccc(-c5ccc6c(c5)c5ccccc5n6-c5ccccc5)cc43)c2)OC1(C)C. The van der Waals surface area contributed by atoms with Crippen molar-refractivity contribution in [3.63, 3.8) is 0 Å². The van der Waals surface area contributed by atoms with Gasteiger partial charge in [0.1, 0.15) is 0 Å². The van der Waals surface area contributed by atoms with Gasteiger partial charge in [0.25, 0.3) is 0 Å². The molecule has 12 aromatic carbocycles. The fourth-order valence-corrected chi connectivity index (χ4v) is 15.7. The van der Waals surface area contributed by atoms with Gasteiger partial charge in [-0.05, 0) is 226 Å². The van der Waals surface area contributed by atoms with Gasteiger partial charge in [-0.1, -0.05) is 180 Å². The van der Waals surface area contributed by atoms with Crippen molar-refractivity contribution in [2.45, 2.75) is 117 Å². The van der Waals surface area contributed by atoms with Crippen LogP contribution in [0.3, 0.4) is 0 Å². The third-order valence-corrected chi connectivity index (χ3v) is 23.4. The summed E-state index contributed by atoms with van der Waals surface area (Å²) in [6.07, 6.45) is 0. The van der Waals surface area contributed by atoms with Crippen LogP contribution < -0.4 is 5.46 Å². The van der Waals surface area contributed by atoms with E-state index in [-0.39, 0.29) is 22.4 Å². The van der Waals surface area contributed by atoms with Crippen molar-refractivity contribution in [2.24, 2.45) is 0 Å². The molecule has 3 aliphatic heterocycles. The lowest BCUT2D eigenvalue weighted by Gasteiger charge is -2.32. The number of halogens is 1. The van der Waals surface area contributed by atoms with Gasteiger partial charge in [-0.25, -0.2) is 0 Å². The average Bonchev–Trinajstić information content (AvgIpc) is 1.60. The molecule has 0 spiro atoms. The number of nitrogens with zero attached hydrogens (tertiary/aromatic N) is 4. The van der Waals surface area contributed by atoms with Crippen molar-refractivity contribution in [3.8, 4) is 45.0 Å². The molecule has 0 bridgehead atoms. The Morgan fingerprint density at radius 1 is 0.231 bits per heavy atom.